The molecular weight excluding hydrogens is 351 g/mol. The molecule has 9 nitrogen and oxygen atoms in total. The standard InChI is InChI=1S/C13H14B3N7O2S/c14-13(15,16)25-7-10(24)19-12-22-21-11(26-12)18-8-3-5-23(6-8)9-2-1-4-17-20-9/h1-2,4,8H,3,5-7H2,(H,18,21)(H,19,22,24)/t8-/m1/s1. The number of ether oxygens (including phenoxy) is 1. The van der Waals surface area contributed by atoms with Crippen LogP contribution in [-0.2, 0) is 9.53 Å². The van der Waals surface area contributed by atoms with Crippen molar-refractivity contribution in [1.82, 2.24) is 20.4 Å². The van der Waals surface area contributed by atoms with Crippen molar-refractivity contribution in [3.05, 3.63) is 18.3 Å². The molecule has 0 aromatic carbocycles. The van der Waals surface area contributed by atoms with Crippen LogP contribution in [0.15, 0.2) is 18.3 Å². The van der Waals surface area contributed by atoms with Crippen LogP contribution in [0.1, 0.15) is 6.42 Å². The van der Waals surface area contributed by atoms with Gasteiger partial charge in [-0.05, 0) is 23.9 Å². The molecule has 1 fully saturated rings. The molecule has 0 spiro atoms. The summed E-state index contributed by atoms with van der Waals surface area (Å²) >= 11 is 1.22. The zero-order valence-corrected chi connectivity index (χ0v) is 14.6. The lowest BCUT2D eigenvalue weighted by atomic mass is 9.52. The van der Waals surface area contributed by atoms with Gasteiger partial charge in [0.2, 0.25) is 10.3 Å². The van der Waals surface area contributed by atoms with E-state index in [-0.39, 0.29) is 12.6 Å². The van der Waals surface area contributed by atoms with Crippen molar-refractivity contribution >= 4 is 56.9 Å². The highest BCUT2D eigenvalue weighted by Crippen LogP contribution is 2.24. The SMILES string of the molecule is [B]C([B])([B])OCC(=O)Nc1nnc(N[C@@H]2CCN(c3cccnn3)C2)s1. The Hall–Kier alpha value is -2.14. The first-order valence-electron chi connectivity index (χ1n) is 7.82. The van der Waals surface area contributed by atoms with Gasteiger partial charge in [0.1, 0.15) is 6.61 Å². The summed E-state index contributed by atoms with van der Waals surface area (Å²) in [7, 11) is 15.7. The molecule has 0 unspecified atom stereocenters. The van der Waals surface area contributed by atoms with Crippen LogP contribution in [0.3, 0.4) is 0 Å². The minimum Gasteiger partial charge on any atom is -0.393 e. The van der Waals surface area contributed by atoms with Crippen LogP contribution in [0.25, 0.3) is 0 Å². The van der Waals surface area contributed by atoms with E-state index in [9.17, 15) is 4.79 Å². The number of hydrogen-bond donors (Lipinski definition) is 2. The maximum absolute atomic E-state index is 11.7. The maximum Gasteiger partial charge on any atom is 0.252 e. The predicted molar refractivity (Wildman–Crippen MR) is 101 cm³/mol. The lowest BCUT2D eigenvalue weighted by Crippen LogP contribution is -2.37. The van der Waals surface area contributed by atoms with Gasteiger partial charge in [0.05, 0.1) is 23.5 Å². The van der Waals surface area contributed by atoms with Crippen LogP contribution in [-0.4, -0.2) is 80.9 Å². The van der Waals surface area contributed by atoms with Crippen molar-refractivity contribution in [2.75, 3.05) is 35.2 Å². The van der Waals surface area contributed by atoms with Gasteiger partial charge in [0.25, 0.3) is 5.91 Å². The van der Waals surface area contributed by atoms with Gasteiger partial charge in [-0.1, -0.05) is 11.3 Å². The van der Waals surface area contributed by atoms with Gasteiger partial charge >= 0.3 is 0 Å². The quantitative estimate of drug-likeness (QED) is 0.608. The van der Waals surface area contributed by atoms with Crippen LogP contribution in [0.4, 0.5) is 16.1 Å². The van der Waals surface area contributed by atoms with Crippen LogP contribution in [0.2, 0.25) is 0 Å². The Labute approximate surface area is 158 Å². The highest BCUT2D eigenvalue weighted by Gasteiger charge is 2.24. The van der Waals surface area contributed by atoms with E-state index in [4.69, 9.17) is 28.3 Å². The normalized spacial score (nSPS) is 17.2. The Balaban J connectivity index is 1.47. The summed E-state index contributed by atoms with van der Waals surface area (Å²) in [5, 5.41) is 20.9. The first-order chi connectivity index (χ1) is 12.4. The summed E-state index contributed by atoms with van der Waals surface area (Å²) in [6.07, 6.45) is 2.57. The summed E-state index contributed by atoms with van der Waals surface area (Å²) in [4.78, 5) is 13.9. The van der Waals surface area contributed by atoms with Gasteiger partial charge in [0, 0.05) is 25.3 Å². The topological polar surface area (TPSA) is 105 Å². The fourth-order valence-corrected chi connectivity index (χ4v) is 3.14. The number of nitrogens with zero attached hydrogens (tertiary/aromatic N) is 5. The number of rotatable bonds is 7. The highest BCUT2D eigenvalue weighted by molar-refractivity contribution is 7.19. The summed E-state index contributed by atoms with van der Waals surface area (Å²) in [6, 6.07) is 3.98. The minimum atomic E-state index is -1.86. The fraction of sp³-hybridized carbons (Fsp3) is 0.462. The zero-order valence-electron chi connectivity index (χ0n) is 13.8. The predicted octanol–water partition coefficient (Wildman–Crippen LogP) is -0.909. The van der Waals surface area contributed by atoms with Gasteiger partial charge in [-0.25, -0.2) is 0 Å². The first-order valence-corrected chi connectivity index (χ1v) is 8.64. The molecule has 1 atom stereocenters. The van der Waals surface area contributed by atoms with E-state index in [1.165, 1.54) is 11.3 Å². The van der Waals surface area contributed by atoms with Crippen molar-refractivity contribution < 1.29 is 9.53 Å². The number of hydrogen-bond acceptors (Lipinski definition) is 9. The Morgan fingerprint density at radius 3 is 2.88 bits per heavy atom. The van der Waals surface area contributed by atoms with Crippen molar-refractivity contribution in [2.45, 2.75) is 17.8 Å². The summed E-state index contributed by atoms with van der Waals surface area (Å²) < 4.78 is 4.78. The number of amides is 1. The van der Waals surface area contributed by atoms with Gasteiger partial charge in [-0.15, -0.1) is 15.3 Å². The van der Waals surface area contributed by atoms with Gasteiger partial charge in [0.15, 0.2) is 5.82 Å². The van der Waals surface area contributed by atoms with Crippen LogP contribution in [0.5, 0.6) is 0 Å². The maximum atomic E-state index is 11.7. The molecule has 2 aromatic rings. The van der Waals surface area contributed by atoms with E-state index < -0.39 is 11.2 Å². The van der Waals surface area contributed by atoms with E-state index >= 15 is 0 Å². The van der Waals surface area contributed by atoms with E-state index in [1.54, 1.807) is 6.20 Å². The van der Waals surface area contributed by atoms with Crippen molar-refractivity contribution in [3.63, 3.8) is 0 Å². The molecule has 0 aliphatic carbocycles. The van der Waals surface area contributed by atoms with Gasteiger partial charge in [-0.3, -0.25) is 10.1 Å². The molecule has 1 aliphatic rings. The fourth-order valence-electron chi connectivity index (χ4n) is 2.40. The molecule has 1 aliphatic heterocycles. The molecule has 0 bridgehead atoms. The van der Waals surface area contributed by atoms with Crippen LogP contribution in [0, 0.1) is 0 Å². The van der Waals surface area contributed by atoms with E-state index in [0.717, 1.165) is 25.3 Å². The molecular formula is C13H14B3N7O2S. The van der Waals surface area contributed by atoms with E-state index in [2.05, 4.69) is 35.9 Å². The Morgan fingerprint density at radius 1 is 1.35 bits per heavy atom. The third kappa shape index (κ3) is 5.43. The van der Waals surface area contributed by atoms with Crippen molar-refractivity contribution in [2.24, 2.45) is 0 Å². The Bertz CT molecular complexity index is 743. The molecule has 2 aromatic heterocycles. The Morgan fingerprint density at radius 2 is 2.15 bits per heavy atom. The molecule has 26 heavy (non-hydrogen) atoms. The van der Waals surface area contributed by atoms with Crippen LogP contribution < -0.4 is 15.5 Å². The first kappa shape index (κ1) is 18.6. The summed E-state index contributed by atoms with van der Waals surface area (Å²) in [5.74, 6) is 0.367. The molecule has 13 heteroatoms. The number of aromatic nitrogens is 4. The largest absolute Gasteiger partial charge is 0.393 e. The van der Waals surface area contributed by atoms with Crippen molar-refractivity contribution in [1.29, 1.82) is 0 Å². The number of nitrogens with one attached hydrogen (secondary N) is 2. The molecule has 3 heterocycles. The van der Waals surface area contributed by atoms with E-state index in [1.807, 2.05) is 12.1 Å². The third-order valence-corrected chi connectivity index (χ3v) is 4.29. The van der Waals surface area contributed by atoms with Gasteiger partial charge in [-0.2, -0.15) is 5.10 Å². The molecule has 0 saturated carbocycles. The number of anilines is 3. The average Bonchev–Trinajstić information content (AvgIpc) is 3.23. The summed E-state index contributed by atoms with van der Waals surface area (Å²) in [5.41, 5.74) is 0. The molecule has 1 amide bonds. The second-order valence-corrected chi connectivity index (χ2v) is 6.74. The molecule has 6 radical (unpaired) electrons. The van der Waals surface area contributed by atoms with Crippen LogP contribution >= 0.6 is 11.3 Å². The molecule has 1 saturated heterocycles. The average molecular weight is 365 g/mol. The molecule has 3 rings (SSSR count). The van der Waals surface area contributed by atoms with Crippen molar-refractivity contribution in [3.8, 4) is 0 Å². The lowest BCUT2D eigenvalue weighted by Gasteiger charge is -2.20. The van der Waals surface area contributed by atoms with Gasteiger partial charge < -0.3 is 15.0 Å². The highest BCUT2D eigenvalue weighted by atomic mass is 32.1. The van der Waals surface area contributed by atoms with E-state index in [0.29, 0.717) is 10.3 Å². The molecule has 2 N–H and O–H groups in total. The Kier molecular flexibility index (Phi) is 5.77. The third-order valence-electron chi connectivity index (χ3n) is 3.52. The second kappa shape index (κ2) is 8.04. The number of carbonyl (C=O) groups excluding carboxylic acids is 1. The minimum absolute atomic E-state index is 0.198. The lowest BCUT2D eigenvalue weighted by molar-refractivity contribution is -0.120. The second-order valence-electron chi connectivity index (χ2n) is 5.76. The smallest absolute Gasteiger partial charge is 0.252 e. The molecule has 128 valence electrons. The zero-order chi connectivity index (χ0) is 18.6. The summed E-state index contributed by atoms with van der Waals surface area (Å²) in [6.45, 7) is 1.26. The number of carbonyl (C=O) groups is 1. The monoisotopic (exact) mass is 365 g/mol.